The summed E-state index contributed by atoms with van der Waals surface area (Å²) in [5.41, 5.74) is 0. The molecule has 0 saturated heterocycles. The van der Waals surface area contributed by atoms with Crippen LogP contribution < -0.4 is 0 Å². The summed E-state index contributed by atoms with van der Waals surface area (Å²) in [5.74, 6) is -0.510. The number of carbonyl (C=O) groups excluding carboxylic acids is 2. The van der Waals surface area contributed by atoms with E-state index in [-0.39, 0.29) is 21.6 Å². The molecule has 0 amide bonds. The van der Waals surface area contributed by atoms with E-state index in [9.17, 15) is 9.59 Å². The Morgan fingerprint density at radius 1 is 0.941 bits per heavy atom. The number of hydrogen-bond acceptors (Lipinski definition) is 4. The number of ether oxygens (including phenoxy) is 2. The topological polar surface area (TPSA) is 52.6 Å². The normalized spacial score (nSPS) is 13.9. The first-order valence-electron chi connectivity index (χ1n) is 5.64. The lowest BCUT2D eigenvalue weighted by Crippen LogP contribution is -2.20. The first-order valence-corrected chi connectivity index (χ1v) is 7.47. The Morgan fingerprint density at radius 3 is 1.59 bits per heavy atom. The van der Waals surface area contributed by atoms with Gasteiger partial charge in [-0.1, -0.05) is 38.3 Å². The Bertz CT molecular complexity index is 222. The standard InChI is InChI=1S/C11H18Br2O4/c1-3-16-10(14)8(12)6-5-7-9(13)11(15)17-4-2/h8-9H,3-7H2,1-2H3/t8-,9-/m0/s1. The van der Waals surface area contributed by atoms with E-state index >= 15 is 0 Å². The number of rotatable bonds is 8. The van der Waals surface area contributed by atoms with Crippen LogP contribution in [0.5, 0.6) is 0 Å². The summed E-state index contributed by atoms with van der Waals surface area (Å²) < 4.78 is 9.72. The molecule has 0 aliphatic carbocycles. The number of hydrogen-bond donors (Lipinski definition) is 0. The van der Waals surface area contributed by atoms with Gasteiger partial charge in [0.2, 0.25) is 0 Å². The molecule has 0 fully saturated rings. The molecule has 0 N–H and O–H groups in total. The summed E-state index contributed by atoms with van der Waals surface area (Å²) in [6.45, 7) is 4.30. The Morgan fingerprint density at radius 2 is 1.29 bits per heavy atom. The highest BCUT2D eigenvalue weighted by atomic mass is 79.9. The first kappa shape index (κ1) is 16.9. The van der Waals surface area contributed by atoms with Crippen molar-refractivity contribution >= 4 is 43.8 Å². The zero-order valence-corrected chi connectivity index (χ0v) is 13.3. The second kappa shape index (κ2) is 9.88. The largest absolute Gasteiger partial charge is 0.465 e. The van der Waals surface area contributed by atoms with E-state index in [1.807, 2.05) is 0 Å². The van der Waals surface area contributed by atoms with Gasteiger partial charge >= 0.3 is 11.9 Å². The third kappa shape index (κ3) is 7.76. The van der Waals surface area contributed by atoms with Crippen molar-refractivity contribution in [2.24, 2.45) is 0 Å². The second-order valence-corrected chi connectivity index (χ2v) is 5.58. The fourth-order valence-corrected chi connectivity index (χ4v) is 2.09. The van der Waals surface area contributed by atoms with Gasteiger partial charge in [-0.2, -0.15) is 0 Å². The molecule has 6 heteroatoms. The Kier molecular flexibility index (Phi) is 9.82. The molecule has 0 spiro atoms. The van der Waals surface area contributed by atoms with E-state index in [1.54, 1.807) is 13.8 Å². The van der Waals surface area contributed by atoms with Crippen molar-refractivity contribution < 1.29 is 19.1 Å². The Labute approximate surface area is 119 Å². The van der Waals surface area contributed by atoms with Crippen LogP contribution in [-0.4, -0.2) is 34.8 Å². The van der Waals surface area contributed by atoms with E-state index < -0.39 is 0 Å². The first-order chi connectivity index (χ1) is 8.02. The van der Waals surface area contributed by atoms with E-state index in [0.29, 0.717) is 26.1 Å². The molecule has 0 aromatic rings. The molecule has 0 aliphatic rings. The summed E-state index contributed by atoms with van der Waals surface area (Å²) in [4.78, 5) is 22.0. The zero-order chi connectivity index (χ0) is 13.3. The molecule has 0 heterocycles. The average molecular weight is 374 g/mol. The monoisotopic (exact) mass is 372 g/mol. The van der Waals surface area contributed by atoms with Crippen LogP contribution in [0.1, 0.15) is 33.1 Å². The quantitative estimate of drug-likeness (QED) is 0.485. The summed E-state index contributed by atoms with van der Waals surface area (Å²) in [5, 5.41) is 0. The number of carbonyl (C=O) groups is 2. The van der Waals surface area contributed by atoms with Gasteiger partial charge in [0.05, 0.1) is 13.2 Å². The van der Waals surface area contributed by atoms with Gasteiger partial charge in [0.15, 0.2) is 0 Å². The number of esters is 2. The molecule has 2 atom stereocenters. The van der Waals surface area contributed by atoms with E-state index in [4.69, 9.17) is 9.47 Å². The van der Waals surface area contributed by atoms with Crippen molar-refractivity contribution in [3.8, 4) is 0 Å². The molecular formula is C11H18Br2O4. The average Bonchev–Trinajstić information content (AvgIpc) is 2.29. The van der Waals surface area contributed by atoms with Crippen LogP contribution in [0.25, 0.3) is 0 Å². The molecule has 0 aromatic carbocycles. The Hall–Kier alpha value is -0.100. The maximum atomic E-state index is 11.3. The van der Waals surface area contributed by atoms with Gasteiger partial charge in [0, 0.05) is 0 Å². The zero-order valence-electron chi connectivity index (χ0n) is 10.1. The smallest absolute Gasteiger partial charge is 0.319 e. The molecule has 4 nitrogen and oxygen atoms in total. The predicted octanol–water partition coefficient (Wildman–Crippen LogP) is 2.81. The lowest BCUT2D eigenvalue weighted by molar-refractivity contribution is -0.142. The third-order valence-corrected chi connectivity index (χ3v) is 3.66. The van der Waals surface area contributed by atoms with Gasteiger partial charge < -0.3 is 9.47 Å². The minimum absolute atomic E-state index is 0.255. The van der Waals surface area contributed by atoms with Crippen molar-refractivity contribution in [1.29, 1.82) is 0 Å². The van der Waals surface area contributed by atoms with Crippen LogP contribution in [-0.2, 0) is 19.1 Å². The summed E-state index contributed by atoms with van der Waals surface area (Å²) in [7, 11) is 0. The van der Waals surface area contributed by atoms with Gasteiger partial charge in [-0.15, -0.1) is 0 Å². The summed E-state index contributed by atoms with van der Waals surface area (Å²) in [6, 6.07) is 0. The maximum absolute atomic E-state index is 11.3. The van der Waals surface area contributed by atoms with Crippen molar-refractivity contribution in [2.75, 3.05) is 13.2 Å². The predicted molar refractivity (Wildman–Crippen MR) is 72.5 cm³/mol. The van der Waals surface area contributed by atoms with Crippen molar-refractivity contribution in [3.63, 3.8) is 0 Å². The highest BCUT2D eigenvalue weighted by molar-refractivity contribution is 9.10. The minimum Gasteiger partial charge on any atom is -0.465 e. The van der Waals surface area contributed by atoms with Crippen molar-refractivity contribution in [3.05, 3.63) is 0 Å². The lowest BCUT2D eigenvalue weighted by atomic mass is 10.1. The molecule has 0 aliphatic heterocycles. The highest BCUT2D eigenvalue weighted by Gasteiger charge is 2.19. The van der Waals surface area contributed by atoms with Gasteiger partial charge in [0.25, 0.3) is 0 Å². The van der Waals surface area contributed by atoms with Crippen molar-refractivity contribution in [2.45, 2.75) is 42.8 Å². The molecule has 0 saturated carbocycles. The van der Waals surface area contributed by atoms with Crippen LogP contribution >= 0.6 is 31.9 Å². The third-order valence-electron chi connectivity index (χ3n) is 2.00. The highest BCUT2D eigenvalue weighted by Crippen LogP contribution is 2.17. The van der Waals surface area contributed by atoms with Crippen molar-refractivity contribution in [1.82, 2.24) is 0 Å². The van der Waals surface area contributed by atoms with E-state index in [0.717, 1.165) is 6.42 Å². The van der Waals surface area contributed by atoms with Gasteiger partial charge in [-0.25, -0.2) is 0 Å². The molecule has 17 heavy (non-hydrogen) atoms. The summed E-state index contributed by atoms with van der Waals surface area (Å²) >= 11 is 6.51. The number of halogens is 2. The van der Waals surface area contributed by atoms with Crippen LogP contribution in [0.2, 0.25) is 0 Å². The lowest BCUT2D eigenvalue weighted by Gasteiger charge is -2.11. The molecule has 0 rings (SSSR count). The van der Waals surface area contributed by atoms with E-state index in [2.05, 4.69) is 31.9 Å². The summed E-state index contributed by atoms with van der Waals surface area (Å²) in [6.07, 6.45) is 2.02. The minimum atomic E-state index is -0.302. The molecule has 0 aromatic heterocycles. The van der Waals surface area contributed by atoms with Gasteiger partial charge in [-0.05, 0) is 26.7 Å². The van der Waals surface area contributed by atoms with Crippen LogP contribution in [0.3, 0.4) is 0 Å². The van der Waals surface area contributed by atoms with Gasteiger partial charge in [-0.3, -0.25) is 9.59 Å². The van der Waals surface area contributed by atoms with Crippen LogP contribution in [0.4, 0.5) is 0 Å². The van der Waals surface area contributed by atoms with Crippen LogP contribution in [0.15, 0.2) is 0 Å². The SMILES string of the molecule is CCOC(=O)[C@@H](Br)CCC[C@H](Br)C(=O)OCC. The molecule has 0 bridgehead atoms. The fourth-order valence-electron chi connectivity index (χ4n) is 1.18. The van der Waals surface area contributed by atoms with Gasteiger partial charge in [0.1, 0.15) is 9.65 Å². The van der Waals surface area contributed by atoms with E-state index in [1.165, 1.54) is 0 Å². The Balaban J connectivity index is 3.75. The second-order valence-electron chi connectivity index (χ2n) is 3.37. The molecule has 0 unspecified atom stereocenters. The number of alkyl halides is 2. The molecule has 0 radical (unpaired) electrons. The molecular weight excluding hydrogens is 356 g/mol. The van der Waals surface area contributed by atoms with Crippen LogP contribution in [0, 0.1) is 0 Å². The fraction of sp³-hybridized carbons (Fsp3) is 0.818. The maximum Gasteiger partial charge on any atom is 0.319 e. The molecule has 100 valence electrons.